The van der Waals surface area contributed by atoms with Crippen LogP contribution in [0.15, 0.2) is 48.9 Å². The molecule has 0 atom stereocenters. The third kappa shape index (κ3) is 2.27. The van der Waals surface area contributed by atoms with Crippen LogP contribution in [0.5, 0.6) is 0 Å². The van der Waals surface area contributed by atoms with Crippen LogP contribution < -0.4 is 0 Å². The average Bonchev–Trinajstić information content (AvgIpc) is 3.00. The molecule has 23 heavy (non-hydrogen) atoms. The zero-order chi connectivity index (χ0) is 16.0. The lowest BCUT2D eigenvalue weighted by Gasteiger charge is -2.26. The minimum Gasteiger partial charge on any atom is -0.327 e. The van der Waals surface area contributed by atoms with E-state index in [1.54, 1.807) is 0 Å². The van der Waals surface area contributed by atoms with E-state index < -0.39 is 0 Å². The highest BCUT2D eigenvalue weighted by molar-refractivity contribution is 5.76. The number of fused-ring (bicyclic) bond motifs is 3. The molecule has 116 valence electrons. The number of hydrogen-bond donors (Lipinski definition) is 0. The fraction of sp³-hybridized carbons (Fsp3) is 0.300. The topological polar surface area (TPSA) is 30.7 Å². The Morgan fingerprint density at radius 3 is 2.43 bits per heavy atom. The van der Waals surface area contributed by atoms with Crippen LogP contribution in [-0.4, -0.2) is 14.5 Å². The second-order valence-electron chi connectivity index (χ2n) is 7.20. The zero-order valence-electron chi connectivity index (χ0n) is 13.9. The number of nitrogens with zero attached hydrogens (tertiary/aromatic N) is 3. The largest absolute Gasteiger partial charge is 0.327 e. The van der Waals surface area contributed by atoms with E-state index in [4.69, 9.17) is 4.98 Å². The Morgan fingerprint density at radius 1 is 0.957 bits per heavy atom. The minimum atomic E-state index is 0.104. The molecule has 1 aliphatic heterocycles. The summed E-state index contributed by atoms with van der Waals surface area (Å²) in [4.78, 5) is 9.21. The van der Waals surface area contributed by atoms with Gasteiger partial charge in [0.05, 0.1) is 0 Å². The van der Waals surface area contributed by atoms with Crippen molar-refractivity contribution in [2.45, 2.75) is 39.2 Å². The van der Waals surface area contributed by atoms with Gasteiger partial charge in [0, 0.05) is 47.4 Å². The Balaban J connectivity index is 1.90. The number of aromatic nitrogens is 3. The number of imidazole rings is 1. The first-order chi connectivity index (χ1) is 11.1. The molecule has 0 aliphatic carbocycles. The number of rotatable bonds is 1. The van der Waals surface area contributed by atoms with Crippen molar-refractivity contribution in [1.82, 2.24) is 14.5 Å². The van der Waals surface area contributed by atoms with Gasteiger partial charge in [0.25, 0.3) is 0 Å². The first-order valence-electron chi connectivity index (χ1n) is 8.14. The van der Waals surface area contributed by atoms with Crippen LogP contribution in [0.4, 0.5) is 0 Å². The monoisotopic (exact) mass is 303 g/mol. The molecule has 0 bridgehead atoms. The molecule has 3 heteroatoms. The molecule has 2 aromatic heterocycles. The summed E-state index contributed by atoms with van der Waals surface area (Å²) >= 11 is 0. The van der Waals surface area contributed by atoms with Crippen LogP contribution in [0.1, 0.15) is 32.0 Å². The Bertz CT molecular complexity index is 854. The molecule has 0 saturated heterocycles. The normalized spacial score (nSPS) is 13.5. The van der Waals surface area contributed by atoms with E-state index in [0.29, 0.717) is 0 Å². The first-order valence-corrected chi connectivity index (χ1v) is 8.14. The molecule has 0 N–H and O–H groups in total. The zero-order valence-corrected chi connectivity index (χ0v) is 13.9. The van der Waals surface area contributed by atoms with Crippen LogP contribution in [0.3, 0.4) is 0 Å². The summed E-state index contributed by atoms with van der Waals surface area (Å²) < 4.78 is 2.36. The van der Waals surface area contributed by atoms with E-state index in [9.17, 15) is 0 Å². The molecule has 1 aromatic carbocycles. The van der Waals surface area contributed by atoms with E-state index in [2.05, 4.69) is 60.7 Å². The molecular weight excluding hydrogens is 282 g/mol. The molecule has 4 rings (SSSR count). The third-order valence-corrected chi connectivity index (χ3v) is 4.59. The van der Waals surface area contributed by atoms with Crippen LogP contribution in [0.2, 0.25) is 0 Å². The number of hydrogen-bond acceptors (Lipinski definition) is 2. The maximum Gasteiger partial charge on any atom is 0.142 e. The lowest BCUT2D eigenvalue weighted by molar-refractivity contribution is 0.515. The van der Waals surface area contributed by atoms with Gasteiger partial charge in [0.2, 0.25) is 0 Å². The van der Waals surface area contributed by atoms with E-state index in [-0.39, 0.29) is 5.41 Å². The van der Waals surface area contributed by atoms with E-state index in [0.717, 1.165) is 18.8 Å². The van der Waals surface area contributed by atoms with Crippen molar-refractivity contribution < 1.29 is 0 Å². The minimum absolute atomic E-state index is 0.104. The van der Waals surface area contributed by atoms with Gasteiger partial charge in [-0.25, -0.2) is 4.98 Å². The molecule has 0 amide bonds. The van der Waals surface area contributed by atoms with Gasteiger partial charge in [-0.05, 0) is 17.5 Å². The van der Waals surface area contributed by atoms with Gasteiger partial charge in [-0.3, -0.25) is 4.98 Å². The lowest BCUT2D eigenvalue weighted by atomic mass is 9.90. The summed E-state index contributed by atoms with van der Waals surface area (Å²) in [6.45, 7) is 7.71. The van der Waals surface area contributed by atoms with Gasteiger partial charge in [0.1, 0.15) is 5.82 Å². The molecule has 0 radical (unpaired) electrons. The summed E-state index contributed by atoms with van der Waals surface area (Å²) in [7, 11) is 0. The van der Waals surface area contributed by atoms with Crippen molar-refractivity contribution in [3.8, 4) is 22.5 Å². The van der Waals surface area contributed by atoms with Gasteiger partial charge in [-0.15, -0.1) is 0 Å². The molecule has 3 heterocycles. The predicted octanol–water partition coefficient (Wildman–Crippen LogP) is 4.47. The predicted molar refractivity (Wildman–Crippen MR) is 93.3 cm³/mol. The highest BCUT2D eigenvalue weighted by atomic mass is 15.1. The van der Waals surface area contributed by atoms with Gasteiger partial charge in [-0.2, -0.15) is 0 Å². The van der Waals surface area contributed by atoms with Crippen LogP contribution >= 0.6 is 0 Å². The Kier molecular flexibility index (Phi) is 3.12. The summed E-state index contributed by atoms with van der Waals surface area (Å²) in [6, 6.07) is 10.5. The molecule has 0 saturated carbocycles. The van der Waals surface area contributed by atoms with Gasteiger partial charge in [-0.1, -0.05) is 51.1 Å². The maximum atomic E-state index is 4.72. The molecule has 3 nitrogen and oxygen atoms in total. The highest BCUT2D eigenvalue weighted by Gasteiger charge is 2.27. The SMILES string of the molecule is CC(C)(C)c1cnc2n1CCc1c(-c3ccccc3)cncc1-2. The summed E-state index contributed by atoms with van der Waals surface area (Å²) in [5.41, 5.74) is 6.40. The van der Waals surface area contributed by atoms with Crippen LogP contribution in [0, 0.1) is 0 Å². The molecule has 3 aromatic rings. The van der Waals surface area contributed by atoms with E-state index in [1.807, 2.05) is 18.6 Å². The second-order valence-corrected chi connectivity index (χ2v) is 7.20. The first kappa shape index (κ1) is 14.2. The van der Waals surface area contributed by atoms with Crippen molar-refractivity contribution >= 4 is 0 Å². The standard InChI is InChI=1S/C20H21N3/c1-20(2,3)18-13-22-19-17-12-21-11-16(14-7-5-4-6-8-14)15(17)9-10-23(18)19/h4-8,11-13H,9-10H2,1-3H3. The van der Waals surface area contributed by atoms with Crippen LogP contribution in [-0.2, 0) is 18.4 Å². The molecular formula is C20H21N3. The Morgan fingerprint density at radius 2 is 1.70 bits per heavy atom. The highest BCUT2D eigenvalue weighted by Crippen LogP contribution is 2.37. The van der Waals surface area contributed by atoms with Crippen molar-refractivity contribution in [1.29, 1.82) is 0 Å². The van der Waals surface area contributed by atoms with E-state index in [1.165, 1.54) is 27.9 Å². The number of benzene rings is 1. The average molecular weight is 303 g/mol. The summed E-state index contributed by atoms with van der Waals surface area (Å²) in [5, 5.41) is 0. The van der Waals surface area contributed by atoms with Gasteiger partial charge >= 0.3 is 0 Å². The molecule has 0 spiro atoms. The quantitative estimate of drug-likeness (QED) is 0.664. The Hall–Kier alpha value is -2.42. The molecule has 0 fully saturated rings. The Labute approximate surface area is 137 Å². The number of pyridine rings is 1. The summed E-state index contributed by atoms with van der Waals surface area (Å²) in [6.07, 6.45) is 7.00. The van der Waals surface area contributed by atoms with Crippen molar-refractivity contribution in [3.63, 3.8) is 0 Å². The van der Waals surface area contributed by atoms with Crippen LogP contribution in [0.25, 0.3) is 22.5 Å². The summed E-state index contributed by atoms with van der Waals surface area (Å²) in [5.74, 6) is 1.06. The smallest absolute Gasteiger partial charge is 0.142 e. The maximum absolute atomic E-state index is 4.72. The van der Waals surface area contributed by atoms with Crippen molar-refractivity contribution in [2.75, 3.05) is 0 Å². The van der Waals surface area contributed by atoms with Crippen molar-refractivity contribution in [2.24, 2.45) is 0 Å². The lowest BCUT2D eigenvalue weighted by Crippen LogP contribution is -2.21. The van der Waals surface area contributed by atoms with E-state index >= 15 is 0 Å². The fourth-order valence-electron chi connectivity index (χ4n) is 3.45. The van der Waals surface area contributed by atoms with Crippen molar-refractivity contribution in [3.05, 3.63) is 60.2 Å². The van der Waals surface area contributed by atoms with Gasteiger partial charge < -0.3 is 4.57 Å². The van der Waals surface area contributed by atoms with Gasteiger partial charge in [0.15, 0.2) is 0 Å². The molecule has 1 aliphatic rings. The third-order valence-electron chi connectivity index (χ3n) is 4.59. The fourth-order valence-corrected chi connectivity index (χ4v) is 3.45. The second kappa shape index (κ2) is 5.05. The molecule has 0 unspecified atom stereocenters.